The van der Waals surface area contributed by atoms with Crippen LogP contribution in [0.1, 0.15) is 30.9 Å². The minimum absolute atomic E-state index is 0.105. The lowest BCUT2D eigenvalue weighted by molar-refractivity contribution is 0.264. The van der Waals surface area contributed by atoms with Crippen LogP contribution < -0.4 is 5.73 Å². The highest BCUT2D eigenvalue weighted by Crippen LogP contribution is 2.38. The van der Waals surface area contributed by atoms with Crippen LogP contribution >= 0.6 is 11.6 Å². The van der Waals surface area contributed by atoms with Crippen molar-refractivity contribution in [2.75, 3.05) is 0 Å². The van der Waals surface area contributed by atoms with Crippen LogP contribution in [0.2, 0.25) is 5.02 Å². The average molecular weight is 214 g/mol. The normalized spacial score (nSPS) is 19.1. The molecule has 0 bridgehead atoms. The molecule has 2 rings (SSSR count). The summed E-state index contributed by atoms with van der Waals surface area (Å²) in [5, 5.41) is 0.575. The van der Waals surface area contributed by atoms with E-state index in [1.807, 2.05) is 0 Å². The van der Waals surface area contributed by atoms with Gasteiger partial charge in [-0.25, -0.2) is 4.39 Å². The smallest absolute Gasteiger partial charge is 0.123 e. The highest BCUT2D eigenvalue weighted by atomic mass is 35.5. The van der Waals surface area contributed by atoms with Crippen LogP contribution in [0, 0.1) is 11.7 Å². The molecule has 0 saturated heterocycles. The quantitative estimate of drug-likeness (QED) is 0.802. The maximum atomic E-state index is 13.0. The Morgan fingerprint density at radius 1 is 1.43 bits per heavy atom. The second-order valence-corrected chi connectivity index (χ2v) is 4.29. The topological polar surface area (TPSA) is 26.0 Å². The minimum atomic E-state index is -0.265. The molecular formula is C11H13ClFN. The predicted molar refractivity (Wildman–Crippen MR) is 55.7 cm³/mol. The highest BCUT2D eigenvalue weighted by molar-refractivity contribution is 6.31. The Kier molecular flexibility index (Phi) is 2.75. The Morgan fingerprint density at radius 2 is 2.14 bits per heavy atom. The Hall–Kier alpha value is -0.600. The van der Waals surface area contributed by atoms with Crippen molar-refractivity contribution in [3.05, 3.63) is 34.6 Å². The third kappa shape index (κ3) is 1.77. The molecule has 3 heteroatoms. The fourth-order valence-corrected chi connectivity index (χ4v) is 2.07. The Morgan fingerprint density at radius 3 is 2.71 bits per heavy atom. The molecule has 0 spiro atoms. The van der Waals surface area contributed by atoms with Crippen molar-refractivity contribution < 1.29 is 4.39 Å². The van der Waals surface area contributed by atoms with Crippen LogP contribution in [0.4, 0.5) is 4.39 Å². The number of hydrogen-bond donors (Lipinski definition) is 1. The first-order valence-corrected chi connectivity index (χ1v) is 5.27. The van der Waals surface area contributed by atoms with Crippen LogP contribution in [0.15, 0.2) is 18.2 Å². The number of rotatable bonds is 2. The van der Waals surface area contributed by atoms with E-state index < -0.39 is 0 Å². The molecule has 2 N–H and O–H groups in total. The molecule has 0 radical (unpaired) electrons. The number of hydrogen-bond acceptors (Lipinski definition) is 1. The molecule has 1 atom stereocenters. The molecule has 14 heavy (non-hydrogen) atoms. The zero-order chi connectivity index (χ0) is 10.1. The summed E-state index contributed by atoms with van der Waals surface area (Å²) in [6.45, 7) is 0. The lowest BCUT2D eigenvalue weighted by Gasteiger charge is -2.31. The molecule has 0 aromatic heterocycles. The van der Waals surface area contributed by atoms with Gasteiger partial charge in [-0.05, 0) is 42.5 Å². The SMILES string of the molecule is NC(c1cc(F)ccc1Cl)C1CCC1. The molecule has 1 unspecified atom stereocenters. The molecule has 1 aliphatic carbocycles. The maximum Gasteiger partial charge on any atom is 0.123 e. The minimum Gasteiger partial charge on any atom is -0.324 e. The van der Waals surface area contributed by atoms with Gasteiger partial charge < -0.3 is 5.73 Å². The molecule has 0 heterocycles. The highest BCUT2D eigenvalue weighted by Gasteiger charge is 2.26. The van der Waals surface area contributed by atoms with Crippen LogP contribution in [-0.4, -0.2) is 0 Å². The van der Waals surface area contributed by atoms with E-state index in [-0.39, 0.29) is 11.9 Å². The van der Waals surface area contributed by atoms with Gasteiger partial charge in [0.2, 0.25) is 0 Å². The van der Waals surface area contributed by atoms with Crippen LogP contribution in [0.25, 0.3) is 0 Å². The van der Waals surface area contributed by atoms with Crippen molar-refractivity contribution in [3.8, 4) is 0 Å². The van der Waals surface area contributed by atoms with Crippen molar-refractivity contribution in [2.24, 2.45) is 11.7 Å². The molecule has 1 nitrogen and oxygen atoms in total. The predicted octanol–water partition coefficient (Wildman–Crippen LogP) is 3.28. The first kappa shape index (κ1) is 9.94. The van der Waals surface area contributed by atoms with E-state index >= 15 is 0 Å². The van der Waals surface area contributed by atoms with Crippen LogP contribution in [0.5, 0.6) is 0 Å². The van der Waals surface area contributed by atoms with E-state index in [1.54, 1.807) is 6.07 Å². The van der Waals surface area contributed by atoms with Gasteiger partial charge in [0.05, 0.1) is 0 Å². The van der Waals surface area contributed by atoms with Gasteiger partial charge in [0.1, 0.15) is 5.82 Å². The summed E-state index contributed by atoms with van der Waals surface area (Å²) < 4.78 is 13.0. The van der Waals surface area contributed by atoms with E-state index in [0.717, 1.165) is 18.4 Å². The molecule has 1 aromatic rings. The fourth-order valence-electron chi connectivity index (χ4n) is 1.82. The summed E-state index contributed by atoms with van der Waals surface area (Å²) in [6, 6.07) is 4.28. The van der Waals surface area contributed by atoms with Gasteiger partial charge in [-0.15, -0.1) is 0 Å². The summed E-state index contributed by atoms with van der Waals surface area (Å²) >= 11 is 5.97. The first-order chi connectivity index (χ1) is 6.68. The standard InChI is InChI=1S/C11H13ClFN/c12-10-5-4-8(13)6-9(10)11(14)7-2-1-3-7/h4-7,11H,1-3,14H2. The summed E-state index contributed by atoms with van der Waals surface area (Å²) in [6.07, 6.45) is 3.49. The lowest BCUT2D eigenvalue weighted by atomic mass is 9.77. The average Bonchev–Trinajstić information content (AvgIpc) is 2.06. The third-order valence-corrected chi connectivity index (χ3v) is 3.32. The van der Waals surface area contributed by atoms with E-state index in [4.69, 9.17) is 17.3 Å². The number of halogens is 2. The monoisotopic (exact) mass is 213 g/mol. The van der Waals surface area contributed by atoms with Crippen molar-refractivity contribution in [3.63, 3.8) is 0 Å². The first-order valence-electron chi connectivity index (χ1n) is 4.89. The fraction of sp³-hybridized carbons (Fsp3) is 0.455. The molecule has 76 valence electrons. The molecule has 0 aliphatic heterocycles. The second-order valence-electron chi connectivity index (χ2n) is 3.88. The summed E-state index contributed by atoms with van der Waals surface area (Å²) in [5.41, 5.74) is 6.77. The van der Waals surface area contributed by atoms with Crippen molar-refractivity contribution in [2.45, 2.75) is 25.3 Å². The summed E-state index contributed by atoms with van der Waals surface area (Å²) in [5.74, 6) is 0.216. The summed E-state index contributed by atoms with van der Waals surface area (Å²) in [4.78, 5) is 0. The third-order valence-electron chi connectivity index (χ3n) is 2.97. The molecule has 1 fully saturated rings. The zero-order valence-electron chi connectivity index (χ0n) is 7.84. The van der Waals surface area contributed by atoms with Crippen molar-refractivity contribution in [1.29, 1.82) is 0 Å². The van der Waals surface area contributed by atoms with Crippen LogP contribution in [-0.2, 0) is 0 Å². The molecule has 1 saturated carbocycles. The van der Waals surface area contributed by atoms with Gasteiger partial charge >= 0.3 is 0 Å². The number of benzene rings is 1. The molecule has 1 aliphatic rings. The summed E-state index contributed by atoms with van der Waals surface area (Å²) in [7, 11) is 0. The van der Waals surface area contributed by atoms with Gasteiger partial charge in [-0.1, -0.05) is 18.0 Å². The van der Waals surface area contributed by atoms with Gasteiger partial charge in [0.25, 0.3) is 0 Å². The van der Waals surface area contributed by atoms with E-state index in [1.165, 1.54) is 18.6 Å². The Bertz CT molecular complexity index is 336. The Balaban J connectivity index is 2.24. The van der Waals surface area contributed by atoms with Gasteiger partial charge in [-0.3, -0.25) is 0 Å². The largest absolute Gasteiger partial charge is 0.324 e. The van der Waals surface area contributed by atoms with E-state index in [0.29, 0.717) is 10.9 Å². The van der Waals surface area contributed by atoms with Gasteiger partial charge in [0, 0.05) is 11.1 Å². The lowest BCUT2D eigenvalue weighted by Crippen LogP contribution is -2.27. The van der Waals surface area contributed by atoms with Crippen LogP contribution in [0.3, 0.4) is 0 Å². The molecular weight excluding hydrogens is 201 g/mol. The van der Waals surface area contributed by atoms with Gasteiger partial charge in [-0.2, -0.15) is 0 Å². The molecule has 0 amide bonds. The zero-order valence-corrected chi connectivity index (χ0v) is 8.60. The molecule has 1 aromatic carbocycles. The second kappa shape index (κ2) is 3.87. The van der Waals surface area contributed by atoms with Crippen molar-refractivity contribution in [1.82, 2.24) is 0 Å². The Labute approximate surface area is 88.1 Å². The van der Waals surface area contributed by atoms with Gasteiger partial charge in [0.15, 0.2) is 0 Å². The van der Waals surface area contributed by atoms with E-state index in [2.05, 4.69) is 0 Å². The maximum absolute atomic E-state index is 13.0. The number of nitrogens with two attached hydrogens (primary N) is 1. The van der Waals surface area contributed by atoms with Crippen molar-refractivity contribution >= 4 is 11.6 Å². The van der Waals surface area contributed by atoms with E-state index in [9.17, 15) is 4.39 Å².